The lowest BCUT2D eigenvalue weighted by Gasteiger charge is -2.10. The highest BCUT2D eigenvalue weighted by molar-refractivity contribution is 7.12. The molecule has 2 rings (SSSR count). The molecule has 0 aromatic carbocycles. The van der Waals surface area contributed by atoms with Crippen LogP contribution in [0.25, 0.3) is 0 Å². The van der Waals surface area contributed by atoms with Gasteiger partial charge in [-0.2, -0.15) is 0 Å². The molecule has 0 saturated carbocycles. The van der Waals surface area contributed by atoms with Crippen LogP contribution in [0.5, 0.6) is 0 Å². The SMILES string of the molecule is Cl.FC(F)c1cc2c(s1)CCNC2. The van der Waals surface area contributed by atoms with Gasteiger partial charge in [-0.05, 0) is 18.1 Å². The maximum absolute atomic E-state index is 12.2. The van der Waals surface area contributed by atoms with E-state index in [9.17, 15) is 8.78 Å². The van der Waals surface area contributed by atoms with Crippen LogP contribution >= 0.6 is 23.7 Å². The second kappa shape index (κ2) is 4.35. The van der Waals surface area contributed by atoms with Crippen LogP contribution in [0, 0.1) is 0 Å². The first kappa shape index (κ1) is 10.9. The molecule has 0 fully saturated rings. The summed E-state index contributed by atoms with van der Waals surface area (Å²) in [7, 11) is 0. The minimum atomic E-state index is -2.31. The van der Waals surface area contributed by atoms with Gasteiger partial charge in [0.25, 0.3) is 6.43 Å². The number of hydrogen-bond donors (Lipinski definition) is 1. The summed E-state index contributed by atoms with van der Waals surface area (Å²) in [6.45, 7) is 1.66. The molecule has 0 atom stereocenters. The largest absolute Gasteiger partial charge is 0.312 e. The number of hydrogen-bond acceptors (Lipinski definition) is 2. The van der Waals surface area contributed by atoms with E-state index in [-0.39, 0.29) is 17.3 Å². The van der Waals surface area contributed by atoms with Crippen LogP contribution in [0.3, 0.4) is 0 Å². The van der Waals surface area contributed by atoms with Crippen LogP contribution in [0.15, 0.2) is 6.07 Å². The van der Waals surface area contributed by atoms with E-state index in [0.717, 1.165) is 30.0 Å². The molecule has 0 spiro atoms. The standard InChI is InChI=1S/C8H9F2NS.ClH/c9-8(10)7-3-5-4-11-2-1-6(5)12-7;/h3,8,11H,1-2,4H2;1H. The van der Waals surface area contributed by atoms with E-state index >= 15 is 0 Å². The summed E-state index contributed by atoms with van der Waals surface area (Å²) in [5, 5.41) is 3.15. The summed E-state index contributed by atoms with van der Waals surface area (Å²) in [5.41, 5.74) is 1.06. The first-order valence-electron chi connectivity index (χ1n) is 3.87. The van der Waals surface area contributed by atoms with Crippen molar-refractivity contribution in [1.82, 2.24) is 5.32 Å². The number of fused-ring (bicyclic) bond motifs is 1. The predicted molar refractivity (Wildman–Crippen MR) is 51.9 cm³/mol. The molecule has 1 aliphatic heterocycles. The van der Waals surface area contributed by atoms with Crippen molar-refractivity contribution in [2.45, 2.75) is 19.4 Å². The predicted octanol–water partition coefficient (Wildman–Crippen LogP) is 2.75. The van der Waals surface area contributed by atoms with Crippen molar-refractivity contribution >= 4 is 23.7 Å². The summed E-state index contributed by atoms with van der Waals surface area (Å²) in [6, 6.07) is 1.62. The first-order valence-corrected chi connectivity index (χ1v) is 4.69. The lowest BCUT2D eigenvalue weighted by Crippen LogP contribution is -2.21. The third-order valence-electron chi connectivity index (χ3n) is 1.98. The fourth-order valence-electron chi connectivity index (χ4n) is 1.38. The molecule has 1 N–H and O–H groups in total. The van der Waals surface area contributed by atoms with E-state index < -0.39 is 6.43 Å². The highest BCUT2D eigenvalue weighted by Gasteiger charge is 2.17. The van der Waals surface area contributed by atoms with E-state index in [4.69, 9.17) is 0 Å². The molecular weight excluding hydrogens is 216 g/mol. The second-order valence-electron chi connectivity index (χ2n) is 2.82. The Hall–Kier alpha value is -0.190. The minimum Gasteiger partial charge on any atom is -0.312 e. The van der Waals surface area contributed by atoms with Gasteiger partial charge in [0.1, 0.15) is 0 Å². The van der Waals surface area contributed by atoms with Gasteiger partial charge in [-0.3, -0.25) is 0 Å². The van der Waals surface area contributed by atoms with Crippen LogP contribution < -0.4 is 5.32 Å². The number of alkyl halides is 2. The smallest absolute Gasteiger partial charge is 0.272 e. The average Bonchev–Trinajstić information content (AvgIpc) is 2.46. The molecular formula is C8H10ClF2NS. The molecule has 0 amide bonds. The number of nitrogens with one attached hydrogen (secondary N) is 1. The molecule has 1 aromatic heterocycles. The molecule has 0 aliphatic carbocycles. The third kappa shape index (κ3) is 2.18. The number of rotatable bonds is 1. The fraction of sp³-hybridized carbons (Fsp3) is 0.500. The quantitative estimate of drug-likeness (QED) is 0.775. The van der Waals surface area contributed by atoms with Crippen molar-refractivity contribution < 1.29 is 8.78 Å². The van der Waals surface area contributed by atoms with Crippen LogP contribution in [0.4, 0.5) is 8.78 Å². The number of halogens is 3. The van der Waals surface area contributed by atoms with Gasteiger partial charge in [0.15, 0.2) is 0 Å². The maximum Gasteiger partial charge on any atom is 0.272 e. The lowest BCUT2D eigenvalue weighted by molar-refractivity contribution is 0.155. The van der Waals surface area contributed by atoms with Crippen LogP contribution in [0.1, 0.15) is 21.7 Å². The van der Waals surface area contributed by atoms with Crippen LogP contribution in [-0.2, 0) is 13.0 Å². The van der Waals surface area contributed by atoms with E-state index in [2.05, 4.69) is 5.32 Å². The Labute approximate surface area is 85.6 Å². The number of thiophene rings is 1. The van der Waals surface area contributed by atoms with Gasteiger partial charge in [-0.1, -0.05) is 0 Å². The monoisotopic (exact) mass is 225 g/mol. The van der Waals surface area contributed by atoms with Gasteiger partial charge in [-0.25, -0.2) is 8.78 Å². The molecule has 1 aliphatic rings. The van der Waals surface area contributed by atoms with Gasteiger partial charge in [0, 0.05) is 18.0 Å². The van der Waals surface area contributed by atoms with Gasteiger partial charge >= 0.3 is 0 Å². The van der Waals surface area contributed by atoms with E-state index in [0.29, 0.717) is 0 Å². The molecule has 0 unspecified atom stereocenters. The third-order valence-corrected chi connectivity index (χ3v) is 3.22. The average molecular weight is 226 g/mol. The molecule has 2 heterocycles. The highest BCUT2D eigenvalue weighted by Crippen LogP contribution is 2.31. The van der Waals surface area contributed by atoms with Gasteiger partial charge in [0.05, 0.1) is 4.88 Å². The second-order valence-corrected chi connectivity index (χ2v) is 3.99. The van der Waals surface area contributed by atoms with Gasteiger partial charge in [-0.15, -0.1) is 23.7 Å². The van der Waals surface area contributed by atoms with Crippen molar-refractivity contribution in [2.75, 3.05) is 6.54 Å². The summed E-state index contributed by atoms with van der Waals surface area (Å²) < 4.78 is 24.5. The van der Waals surface area contributed by atoms with E-state index in [1.54, 1.807) is 6.07 Å². The highest BCUT2D eigenvalue weighted by atomic mass is 35.5. The van der Waals surface area contributed by atoms with E-state index in [1.807, 2.05) is 0 Å². The Morgan fingerprint density at radius 3 is 2.85 bits per heavy atom. The zero-order valence-corrected chi connectivity index (χ0v) is 8.48. The molecule has 13 heavy (non-hydrogen) atoms. The fourth-order valence-corrected chi connectivity index (χ4v) is 2.42. The zero-order chi connectivity index (χ0) is 8.55. The van der Waals surface area contributed by atoms with Crippen LogP contribution in [0.2, 0.25) is 0 Å². The van der Waals surface area contributed by atoms with Gasteiger partial charge < -0.3 is 5.32 Å². The van der Waals surface area contributed by atoms with Crippen LogP contribution in [-0.4, -0.2) is 6.54 Å². The summed E-state index contributed by atoms with van der Waals surface area (Å²) in [4.78, 5) is 1.34. The Kier molecular flexibility index (Phi) is 3.64. The Morgan fingerprint density at radius 2 is 2.23 bits per heavy atom. The normalized spacial score (nSPS) is 15.3. The molecule has 74 valence electrons. The van der Waals surface area contributed by atoms with Crippen molar-refractivity contribution in [3.63, 3.8) is 0 Å². The summed E-state index contributed by atoms with van der Waals surface area (Å²) in [6.07, 6.45) is -1.41. The molecule has 1 nitrogen and oxygen atoms in total. The Balaban J connectivity index is 0.000000845. The molecule has 1 aromatic rings. The summed E-state index contributed by atoms with van der Waals surface area (Å²) >= 11 is 1.25. The van der Waals surface area contributed by atoms with Crippen molar-refractivity contribution in [3.05, 3.63) is 21.4 Å². The summed E-state index contributed by atoms with van der Waals surface area (Å²) in [5.74, 6) is 0. The minimum absolute atomic E-state index is 0. The zero-order valence-electron chi connectivity index (χ0n) is 6.85. The first-order chi connectivity index (χ1) is 5.77. The topological polar surface area (TPSA) is 12.0 Å². The van der Waals surface area contributed by atoms with Crippen molar-refractivity contribution in [2.24, 2.45) is 0 Å². The molecule has 0 saturated heterocycles. The van der Waals surface area contributed by atoms with Crippen molar-refractivity contribution in [1.29, 1.82) is 0 Å². The Morgan fingerprint density at radius 1 is 1.46 bits per heavy atom. The molecule has 0 bridgehead atoms. The van der Waals surface area contributed by atoms with E-state index in [1.165, 1.54) is 11.3 Å². The Bertz CT molecular complexity index is 264. The lowest BCUT2D eigenvalue weighted by atomic mass is 10.1. The van der Waals surface area contributed by atoms with Gasteiger partial charge in [0.2, 0.25) is 0 Å². The molecule has 0 radical (unpaired) electrons. The van der Waals surface area contributed by atoms with Crippen molar-refractivity contribution in [3.8, 4) is 0 Å². The molecule has 5 heteroatoms. The maximum atomic E-state index is 12.2.